The van der Waals surface area contributed by atoms with Crippen LogP contribution < -0.4 is 21.7 Å². The lowest BCUT2D eigenvalue weighted by Gasteiger charge is -2.15. The maximum absolute atomic E-state index is 14.8. The van der Waals surface area contributed by atoms with Gasteiger partial charge in [0.2, 0.25) is 5.88 Å². The van der Waals surface area contributed by atoms with E-state index < -0.39 is 52.4 Å². The third kappa shape index (κ3) is 5.82. The van der Waals surface area contributed by atoms with Crippen molar-refractivity contribution in [2.75, 3.05) is 20.7 Å². The van der Waals surface area contributed by atoms with E-state index in [1.165, 1.54) is 48.5 Å². The minimum atomic E-state index is -0.933. The molecule has 0 unspecified atom stereocenters. The zero-order chi connectivity index (χ0) is 31.7. The summed E-state index contributed by atoms with van der Waals surface area (Å²) in [7, 11) is 3.54. The van der Waals surface area contributed by atoms with Gasteiger partial charge < -0.3 is 15.4 Å². The van der Waals surface area contributed by atoms with E-state index in [0.717, 1.165) is 32.6 Å². The van der Waals surface area contributed by atoms with Gasteiger partial charge in [-0.15, -0.1) is 11.3 Å². The number of primary amides is 1. The lowest BCUT2D eigenvalue weighted by molar-refractivity contribution is -0.384. The van der Waals surface area contributed by atoms with Gasteiger partial charge in [0.1, 0.15) is 22.3 Å². The number of carbonyl (C=O) groups excluding carboxylic acids is 1. The summed E-state index contributed by atoms with van der Waals surface area (Å²) in [5.74, 6) is -2.79. The van der Waals surface area contributed by atoms with Gasteiger partial charge >= 0.3 is 5.69 Å². The Labute approximate surface area is 251 Å². The summed E-state index contributed by atoms with van der Waals surface area (Å²) in [4.78, 5) is 56.9. The first kappa shape index (κ1) is 30.2. The topological polar surface area (TPSA) is 156 Å². The predicted molar refractivity (Wildman–Crippen MR) is 159 cm³/mol. The van der Waals surface area contributed by atoms with E-state index in [4.69, 9.17) is 10.5 Å². The number of thiophene rings is 1. The maximum atomic E-state index is 14.8. The number of ether oxygens (including phenoxy) is 1. The van der Waals surface area contributed by atoms with E-state index in [1.54, 1.807) is 19.0 Å². The van der Waals surface area contributed by atoms with Crippen molar-refractivity contribution in [1.29, 1.82) is 0 Å². The van der Waals surface area contributed by atoms with Crippen molar-refractivity contribution in [3.05, 3.63) is 114 Å². The molecule has 15 heteroatoms. The lowest BCUT2D eigenvalue weighted by atomic mass is 10.1. The smallest absolute Gasteiger partial charge is 0.338 e. The number of hydrogen-bond acceptors (Lipinski definition) is 9. The SMILES string of the molecule is CN(C)Cc1c(-c2ccc([N+](=O)[O-])cc2)sc2c1c(=O)n(-c1cccc(OCC(N)=O)n1)c(=O)n2Cc1c(F)cccc1F. The molecule has 0 bridgehead atoms. The predicted octanol–water partition coefficient (Wildman–Crippen LogP) is 3.44. The van der Waals surface area contributed by atoms with Gasteiger partial charge in [-0.3, -0.25) is 24.3 Å². The molecule has 0 radical (unpaired) electrons. The Morgan fingerprint density at radius 1 is 1.05 bits per heavy atom. The van der Waals surface area contributed by atoms with E-state index in [9.17, 15) is 33.3 Å². The average Bonchev–Trinajstić information content (AvgIpc) is 3.34. The number of nitrogens with zero attached hydrogens (tertiary/aromatic N) is 5. The molecule has 3 aromatic heterocycles. The van der Waals surface area contributed by atoms with Gasteiger partial charge in [-0.05, 0) is 55.6 Å². The standard InChI is InChI=1S/C29H24F2N6O6S/c1-34(2)13-19-25-27(39)36(23-7-4-8-24(33-23)43-15-22(32)38)29(40)35(14-18-20(30)5-3-6-21(18)31)28(25)44-26(19)16-9-11-17(12-10-16)37(41)42/h3-12H,13-15H2,1-2H3,(H2,32,38). The van der Waals surface area contributed by atoms with Gasteiger partial charge in [-0.1, -0.05) is 12.1 Å². The summed E-state index contributed by atoms with van der Waals surface area (Å²) in [5.41, 5.74) is 3.96. The van der Waals surface area contributed by atoms with Crippen LogP contribution in [0.3, 0.4) is 0 Å². The summed E-state index contributed by atoms with van der Waals surface area (Å²) in [6.45, 7) is -0.853. The Morgan fingerprint density at radius 3 is 2.32 bits per heavy atom. The second kappa shape index (κ2) is 12.1. The molecule has 0 aliphatic heterocycles. The zero-order valence-corrected chi connectivity index (χ0v) is 24.1. The molecule has 2 aromatic carbocycles. The van der Waals surface area contributed by atoms with Gasteiger partial charge in [0.05, 0.1) is 16.9 Å². The molecule has 44 heavy (non-hydrogen) atoms. The molecule has 0 fully saturated rings. The molecule has 0 aliphatic rings. The number of carbonyl (C=O) groups is 1. The van der Waals surface area contributed by atoms with Crippen molar-refractivity contribution < 1.29 is 23.2 Å². The zero-order valence-electron chi connectivity index (χ0n) is 23.3. The molecule has 0 aliphatic carbocycles. The second-order valence-corrected chi connectivity index (χ2v) is 10.9. The van der Waals surface area contributed by atoms with Crippen LogP contribution >= 0.6 is 11.3 Å². The van der Waals surface area contributed by atoms with Gasteiger partial charge in [0.25, 0.3) is 17.2 Å². The number of halogens is 2. The molecule has 5 aromatic rings. The molecule has 0 saturated heterocycles. The van der Waals surface area contributed by atoms with Crippen molar-refractivity contribution in [2.24, 2.45) is 5.73 Å². The summed E-state index contributed by atoms with van der Waals surface area (Å²) >= 11 is 1.05. The number of pyridine rings is 1. The van der Waals surface area contributed by atoms with Crippen molar-refractivity contribution in [2.45, 2.75) is 13.1 Å². The van der Waals surface area contributed by atoms with Crippen LogP contribution in [0.1, 0.15) is 11.1 Å². The molecule has 0 atom stereocenters. The minimum Gasteiger partial charge on any atom is -0.468 e. The highest BCUT2D eigenvalue weighted by Crippen LogP contribution is 2.38. The molecule has 2 N–H and O–H groups in total. The van der Waals surface area contributed by atoms with E-state index >= 15 is 0 Å². The average molecular weight is 623 g/mol. The fourth-order valence-corrected chi connectivity index (χ4v) is 5.94. The van der Waals surface area contributed by atoms with E-state index in [0.29, 0.717) is 16.0 Å². The van der Waals surface area contributed by atoms with Crippen LogP contribution in [0.5, 0.6) is 5.88 Å². The number of nitrogens with two attached hydrogens (primary N) is 1. The van der Waals surface area contributed by atoms with Gasteiger partial charge in [-0.25, -0.2) is 18.1 Å². The van der Waals surface area contributed by atoms with Crippen molar-refractivity contribution >= 4 is 33.1 Å². The highest BCUT2D eigenvalue weighted by Gasteiger charge is 2.26. The molecule has 3 heterocycles. The van der Waals surface area contributed by atoms with Gasteiger partial charge in [0, 0.05) is 35.2 Å². The number of aromatic nitrogens is 3. The van der Waals surface area contributed by atoms with Crippen LogP contribution in [-0.2, 0) is 17.9 Å². The summed E-state index contributed by atoms with van der Waals surface area (Å²) in [6.07, 6.45) is 0. The Hall–Kier alpha value is -5.28. The Morgan fingerprint density at radius 2 is 1.70 bits per heavy atom. The molecular weight excluding hydrogens is 598 g/mol. The van der Waals surface area contributed by atoms with Gasteiger partial charge in [0.15, 0.2) is 6.61 Å². The fraction of sp³-hybridized carbons (Fsp3) is 0.172. The summed E-state index contributed by atoms with van der Waals surface area (Å²) in [5, 5.41) is 11.3. The first-order valence-electron chi connectivity index (χ1n) is 13.0. The number of rotatable bonds is 10. The number of nitro groups is 1. The molecule has 226 valence electrons. The number of nitro benzene ring substituents is 1. The molecule has 0 spiro atoms. The van der Waals surface area contributed by atoms with Crippen molar-refractivity contribution in [3.8, 4) is 22.1 Å². The molecular formula is C29H24F2N6O6S. The Bertz CT molecular complexity index is 2020. The minimum absolute atomic E-state index is 0.0928. The molecule has 12 nitrogen and oxygen atoms in total. The number of non-ortho nitro benzene ring substituents is 1. The summed E-state index contributed by atoms with van der Waals surface area (Å²) < 4.78 is 36.8. The van der Waals surface area contributed by atoms with Crippen molar-refractivity contribution in [1.82, 2.24) is 19.0 Å². The van der Waals surface area contributed by atoms with Crippen LogP contribution in [0.2, 0.25) is 0 Å². The largest absolute Gasteiger partial charge is 0.468 e. The van der Waals surface area contributed by atoms with Crippen LogP contribution in [0.4, 0.5) is 14.5 Å². The monoisotopic (exact) mass is 622 g/mol. The number of hydrogen-bond donors (Lipinski definition) is 1. The third-order valence-corrected chi connectivity index (χ3v) is 7.87. The van der Waals surface area contributed by atoms with E-state index in [-0.39, 0.29) is 34.1 Å². The van der Waals surface area contributed by atoms with Crippen molar-refractivity contribution in [3.63, 3.8) is 0 Å². The first-order valence-corrected chi connectivity index (χ1v) is 13.8. The van der Waals surface area contributed by atoms with E-state index in [1.807, 2.05) is 0 Å². The van der Waals surface area contributed by atoms with Crippen LogP contribution in [0, 0.1) is 21.7 Å². The quantitative estimate of drug-likeness (QED) is 0.184. The fourth-order valence-electron chi connectivity index (χ4n) is 4.64. The van der Waals surface area contributed by atoms with Crippen LogP contribution in [-0.4, -0.2) is 50.6 Å². The third-order valence-electron chi connectivity index (χ3n) is 6.57. The first-order chi connectivity index (χ1) is 21.0. The number of fused-ring (bicyclic) bond motifs is 1. The van der Waals surface area contributed by atoms with E-state index in [2.05, 4.69) is 4.98 Å². The number of amides is 1. The number of benzene rings is 2. The second-order valence-electron chi connectivity index (χ2n) is 9.93. The Kier molecular flexibility index (Phi) is 8.33. The van der Waals surface area contributed by atoms with Crippen LogP contribution in [0.15, 0.2) is 70.3 Å². The maximum Gasteiger partial charge on any atom is 0.338 e. The highest BCUT2D eigenvalue weighted by molar-refractivity contribution is 7.22. The normalized spacial score (nSPS) is 11.3. The molecule has 5 rings (SSSR count). The molecule has 1 amide bonds. The molecule has 0 saturated carbocycles. The van der Waals surface area contributed by atoms with Crippen LogP contribution in [0.25, 0.3) is 26.5 Å². The lowest BCUT2D eigenvalue weighted by Crippen LogP contribution is -2.39. The summed E-state index contributed by atoms with van der Waals surface area (Å²) in [6, 6.07) is 13.2. The Balaban J connectivity index is 1.85. The highest BCUT2D eigenvalue weighted by atomic mass is 32.1. The van der Waals surface area contributed by atoms with Gasteiger partial charge in [-0.2, -0.15) is 4.98 Å².